The van der Waals surface area contributed by atoms with Gasteiger partial charge in [0.15, 0.2) is 12.4 Å². The molecule has 1 N–H and O–H groups in total. The molecule has 0 fully saturated rings. The van der Waals surface area contributed by atoms with Crippen molar-refractivity contribution in [2.45, 2.75) is 13.3 Å². The summed E-state index contributed by atoms with van der Waals surface area (Å²) < 4.78 is 10.9. The van der Waals surface area contributed by atoms with Crippen LogP contribution in [0.2, 0.25) is 15.1 Å². The number of nitrogens with one attached hydrogen (secondary N) is 1. The van der Waals surface area contributed by atoms with Crippen LogP contribution < -0.4 is 14.9 Å². The standard InChI is InChI=1S/C18H17Cl3N2O3/c1-2-7-25-16-6-4-3-5-12(16)10-22-23-17(24)11-26-18-14(20)8-13(19)9-15(18)21/h3-6,8-10H,2,7,11H2,1H3,(H,23,24)/b22-10+. The van der Waals surface area contributed by atoms with Crippen LogP contribution in [0.5, 0.6) is 11.5 Å². The summed E-state index contributed by atoms with van der Waals surface area (Å²) >= 11 is 17.8. The summed E-state index contributed by atoms with van der Waals surface area (Å²) in [6.45, 7) is 2.33. The Hall–Kier alpha value is -1.95. The zero-order chi connectivity index (χ0) is 18.9. The molecule has 2 aromatic rings. The molecular weight excluding hydrogens is 399 g/mol. The Morgan fingerprint density at radius 2 is 1.85 bits per heavy atom. The number of rotatable bonds is 8. The summed E-state index contributed by atoms with van der Waals surface area (Å²) in [5, 5.41) is 4.74. The van der Waals surface area contributed by atoms with Crippen LogP contribution in [0, 0.1) is 0 Å². The molecule has 0 saturated carbocycles. The number of benzene rings is 2. The average Bonchev–Trinajstić information content (AvgIpc) is 2.60. The van der Waals surface area contributed by atoms with E-state index < -0.39 is 5.91 Å². The third-order valence-electron chi connectivity index (χ3n) is 3.08. The van der Waals surface area contributed by atoms with E-state index in [1.54, 1.807) is 0 Å². The van der Waals surface area contributed by atoms with Gasteiger partial charge in [0.2, 0.25) is 0 Å². The number of halogens is 3. The van der Waals surface area contributed by atoms with E-state index in [0.29, 0.717) is 17.4 Å². The monoisotopic (exact) mass is 414 g/mol. The van der Waals surface area contributed by atoms with Crippen molar-refractivity contribution >= 4 is 46.9 Å². The van der Waals surface area contributed by atoms with Crippen molar-refractivity contribution in [3.8, 4) is 11.5 Å². The van der Waals surface area contributed by atoms with Crippen molar-refractivity contribution in [2.24, 2.45) is 5.10 Å². The molecule has 0 aromatic heterocycles. The lowest BCUT2D eigenvalue weighted by atomic mass is 10.2. The van der Waals surface area contributed by atoms with Crippen molar-refractivity contribution in [3.63, 3.8) is 0 Å². The zero-order valence-corrected chi connectivity index (χ0v) is 16.2. The summed E-state index contributed by atoms with van der Waals surface area (Å²) in [4.78, 5) is 11.9. The number of hydrogen-bond acceptors (Lipinski definition) is 4. The van der Waals surface area contributed by atoms with Gasteiger partial charge in [0.25, 0.3) is 5.91 Å². The van der Waals surface area contributed by atoms with Crippen LogP contribution >= 0.6 is 34.8 Å². The van der Waals surface area contributed by atoms with Crippen molar-refractivity contribution < 1.29 is 14.3 Å². The van der Waals surface area contributed by atoms with Gasteiger partial charge < -0.3 is 9.47 Å². The van der Waals surface area contributed by atoms with E-state index in [1.165, 1.54) is 18.3 Å². The molecule has 2 rings (SSSR count). The summed E-state index contributed by atoms with van der Waals surface area (Å²) in [7, 11) is 0. The molecule has 0 spiro atoms. The van der Waals surface area contributed by atoms with Crippen molar-refractivity contribution in [3.05, 3.63) is 57.0 Å². The minimum atomic E-state index is -0.463. The molecule has 26 heavy (non-hydrogen) atoms. The maximum absolute atomic E-state index is 11.9. The molecule has 0 saturated heterocycles. The van der Waals surface area contributed by atoms with E-state index in [0.717, 1.165) is 12.0 Å². The van der Waals surface area contributed by atoms with Crippen LogP contribution in [0.4, 0.5) is 0 Å². The highest BCUT2D eigenvalue weighted by atomic mass is 35.5. The highest BCUT2D eigenvalue weighted by Crippen LogP contribution is 2.35. The van der Waals surface area contributed by atoms with Crippen LogP contribution in [-0.2, 0) is 4.79 Å². The van der Waals surface area contributed by atoms with Gasteiger partial charge in [0.05, 0.1) is 22.9 Å². The molecule has 8 heteroatoms. The van der Waals surface area contributed by atoms with Gasteiger partial charge in [0.1, 0.15) is 5.75 Å². The molecule has 0 aliphatic rings. The molecule has 0 radical (unpaired) electrons. The Morgan fingerprint density at radius 3 is 2.54 bits per heavy atom. The normalized spacial score (nSPS) is 10.8. The lowest BCUT2D eigenvalue weighted by molar-refractivity contribution is -0.123. The molecular formula is C18H17Cl3N2O3. The summed E-state index contributed by atoms with van der Waals surface area (Å²) in [5.74, 6) is 0.425. The van der Waals surface area contributed by atoms with Gasteiger partial charge in [-0.05, 0) is 30.7 Å². The first kappa shape index (κ1) is 20.4. The lowest BCUT2D eigenvalue weighted by Crippen LogP contribution is -2.24. The summed E-state index contributed by atoms with van der Waals surface area (Å²) in [6, 6.07) is 10.4. The number of ether oxygens (including phenoxy) is 2. The quantitative estimate of drug-likeness (QED) is 0.489. The molecule has 0 unspecified atom stereocenters. The molecule has 5 nitrogen and oxygen atoms in total. The van der Waals surface area contributed by atoms with Gasteiger partial charge in [-0.25, -0.2) is 5.43 Å². The van der Waals surface area contributed by atoms with Crippen molar-refractivity contribution in [1.82, 2.24) is 5.43 Å². The Morgan fingerprint density at radius 1 is 1.15 bits per heavy atom. The molecule has 1 amide bonds. The van der Waals surface area contributed by atoms with Crippen LogP contribution in [0.15, 0.2) is 41.5 Å². The molecule has 0 aliphatic carbocycles. The molecule has 0 bridgehead atoms. The van der Waals surface area contributed by atoms with Gasteiger partial charge >= 0.3 is 0 Å². The Kier molecular flexibility index (Phi) is 8.04. The number of nitrogens with zero attached hydrogens (tertiary/aromatic N) is 1. The molecule has 0 atom stereocenters. The van der Waals surface area contributed by atoms with E-state index in [9.17, 15) is 4.79 Å². The Balaban J connectivity index is 1.90. The Labute approximate surface area is 166 Å². The second-order valence-corrected chi connectivity index (χ2v) is 6.42. The van der Waals surface area contributed by atoms with Gasteiger partial charge in [-0.15, -0.1) is 0 Å². The first-order valence-electron chi connectivity index (χ1n) is 7.82. The van der Waals surface area contributed by atoms with Crippen LogP contribution in [0.1, 0.15) is 18.9 Å². The van der Waals surface area contributed by atoms with Crippen LogP contribution in [-0.4, -0.2) is 25.3 Å². The minimum Gasteiger partial charge on any atom is -0.493 e. The lowest BCUT2D eigenvalue weighted by Gasteiger charge is -2.09. The number of hydrogen-bond donors (Lipinski definition) is 1. The van der Waals surface area contributed by atoms with Crippen LogP contribution in [0.3, 0.4) is 0 Å². The topological polar surface area (TPSA) is 59.9 Å². The van der Waals surface area contributed by atoms with Gasteiger partial charge in [-0.3, -0.25) is 4.79 Å². The van der Waals surface area contributed by atoms with Crippen molar-refractivity contribution in [1.29, 1.82) is 0 Å². The first-order chi connectivity index (χ1) is 12.5. The van der Waals surface area contributed by atoms with E-state index in [4.69, 9.17) is 44.3 Å². The highest BCUT2D eigenvalue weighted by Gasteiger charge is 2.11. The second kappa shape index (κ2) is 10.3. The summed E-state index contributed by atoms with van der Waals surface area (Å²) in [5.41, 5.74) is 3.13. The first-order valence-corrected chi connectivity index (χ1v) is 8.95. The maximum atomic E-state index is 11.9. The smallest absolute Gasteiger partial charge is 0.277 e. The maximum Gasteiger partial charge on any atom is 0.277 e. The number of carbonyl (C=O) groups is 1. The fraction of sp³-hybridized carbons (Fsp3) is 0.222. The van der Waals surface area contributed by atoms with Gasteiger partial charge in [-0.2, -0.15) is 5.10 Å². The fourth-order valence-electron chi connectivity index (χ4n) is 1.94. The predicted molar refractivity (Wildman–Crippen MR) is 105 cm³/mol. The van der Waals surface area contributed by atoms with E-state index >= 15 is 0 Å². The molecule has 0 aliphatic heterocycles. The molecule has 138 valence electrons. The number of carbonyl (C=O) groups excluding carboxylic acids is 1. The third kappa shape index (κ3) is 6.09. The highest BCUT2D eigenvalue weighted by molar-refractivity contribution is 6.40. The largest absolute Gasteiger partial charge is 0.493 e. The van der Waals surface area contributed by atoms with Crippen LogP contribution in [0.25, 0.3) is 0 Å². The predicted octanol–water partition coefficient (Wildman–Crippen LogP) is 4.96. The minimum absolute atomic E-state index is 0.190. The number of amides is 1. The van der Waals surface area contributed by atoms with Gasteiger partial charge in [-0.1, -0.05) is 53.9 Å². The molecule has 2 aromatic carbocycles. The zero-order valence-electron chi connectivity index (χ0n) is 14.0. The van der Waals surface area contributed by atoms with Gasteiger partial charge in [0, 0.05) is 10.6 Å². The Bertz CT molecular complexity index is 774. The SMILES string of the molecule is CCCOc1ccccc1/C=N/NC(=O)COc1c(Cl)cc(Cl)cc1Cl. The summed E-state index contributed by atoms with van der Waals surface area (Å²) in [6.07, 6.45) is 2.40. The second-order valence-electron chi connectivity index (χ2n) is 5.17. The fourth-order valence-corrected chi connectivity index (χ4v) is 2.87. The number of hydrazone groups is 1. The van der Waals surface area contributed by atoms with Crippen molar-refractivity contribution in [2.75, 3.05) is 13.2 Å². The van der Waals surface area contributed by atoms with E-state index in [1.807, 2.05) is 31.2 Å². The molecule has 0 heterocycles. The third-order valence-corrected chi connectivity index (χ3v) is 3.86. The number of para-hydroxylation sites is 1. The van der Waals surface area contributed by atoms with E-state index in [-0.39, 0.29) is 22.4 Å². The average molecular weight is 416 g/mol. The van der Waals surface area contributed by atoms with E-state index in [2.05, 4.69) is 10.5 Å².